The average Bonchev–Trinajstić information content (AvgIpc) is 2.36. The third-order valence-electron chi connectivity index (χ3n) is 1.44. The Morgan fingerprint density at radius 2 is 2.50 bits per heavy atom. The molecule has 0 bridgehead atoms. The van der Waals surface area contributed by atoms with Gasteiger partial charge in [0.05, 0.1) is 0 Å². The van der Waals surface area contributed by atoms with Crippen LogP contribution in [0.2, 0.25) is 0 Å². The van der Waals surface area contributed by atoms with E-state index in [1.54, 1.807) is 11.3 Å². The first-order chi connectivity index (χ1) is 5.70. The van der Waals surface area contributed by atoms with Crippen LogP contribution >= 0.6 is 27.3 Å². The van der Waals surface area contributed by atoms with E-state index in [1.807, 2.05) is 6.92 Å². The summed E-state index contributed by atoms with van der Waals surface area (Å²) in [7, 11) is 0. The summed E-state index contributed by atoms with van der Waals surface area (Å²) in [5.41, 5.74) is 5.60. The Bertz CT molecular complexity index is 235. The molecular formula is C8H13BrN2S. The van der Waals surface area contributed by atoms with Gasteiger partial charge in [-0.25, -0.2) is 0 Å². The Labute approximate surface area is 85.3 Å². The normalized spacial score (nSPS) is 13.2. The molecule has 1 aromatic heterocycles. The smallest absolute Gasteiger partial charge is 0.0327 e. The molecule has 1 rings (SSSR count). The number of hydrogen-bond acceptors (Lipinski definition) is 3. The van der Waals surface area contributed by atoms with Crippen LogP contribution in [0.3, 0.4) is 0 Å². The van der Waals surface area contributed by atoms with Crippen molar-refractivity contribution in [3.63, 3.8) is 0 Å². The highest BCUT2D eigenvalue weighted by Crippen LogP contribution is 2.21. The van der Waals surface area contributed by atoms with Crippen LogP contribution in [-0.4, -0.2) is 12.6 Å². The maximum absolute atomic E-state index is 5.60. The Morgan fingerprint density at radius 1 is 1.75 bits per heavy atom. The zero-order chi connectivity index (χ0) is 8.97. The molecule has 0 saturated carbocycles. The Hall–Kier alpha value is 0.100. The molecule has 0 aliphatic rings. The lowest BCUT2D eigenvalue weighted by molar-refractivity contribution is 0.611. The van der Waals surface area contributed by atoms with Gasteiger partial charge < -0.3 is 11.1 Å². The van der Waals surface area contributed by atoms with Crippen molar-refractivity contribution in [2.45, 2.75) is 19.5 Å². The molecule has 12 heavy (non-hydrogen) atoms. The van der Waals surface area contributed by atoms with Gasteiger partial charge in [-0.1, -0.05) is 0 Å². The standard InChI is InChI=1S/C8H13BrN2S/c1-6(10)4-11-5-8-7(9)2-3-12-8/h2-3,6,11H,4-5,10H2,1H3. The van der Waals surface area contributed by atoms with E-state index >= 15 is 0 Å². The maximum Gasteiger partial charge on any atom is 0.0327 e. The number of rotatable bonds is 4. The first kappa shape index (κ1) is 10.2. The van der Waals surface area contributed by atoms with Crippen molar-refractivity contribution in [2.24, 2.45) is 5.73 Å². The van der Waals surface area contributed by atoms with E-state index in [1.165, 1.54) is 9.35 Å². The van der Waals surface area contributed by atoms with E-state index < -0.39 is 0 Å². The summed E-state index contributed by atoms with van der Waals surface area (Å²) >= 11 is 5.22. The number of hydrogen-bond donors (Lipinski definition) is 2. The monoisotopic (exact) mass is 248 g/mol. The van der Waals surface area contributed by atoms with Gasteiger partial charge in [0.15, 0.2) is 0 Å². The first-order valence-electron chi connectivity index (χ1n) is 3.88. The zero-order valence-corrected chi connectivity index (χ0v) is 9.41. The van der Waals surface area contributed by atoms with Crippen molar-refractivity contribution in [1.29, 1.82) is 0 Å². The molecule has 3 N–H and O–H groups in total. The molecule has 0 fully saturated rings. The third kappa shape index (κ3) is 3.23. The SMILES string of the molecule is CC(N)CNCc1sccc1Br. The lowest BCUT2D eigenvalue weighted by Crippen LogP contribution is -2.30. The molecule has 0 aromatic carbocycles. The van der Waals surface area contributed by atoms with E-state index in [-0.39, 0.29) is 6.04 Å². The molecule has 0 aliphatic carbocycles. The number of nitrogens with one attached hydrogen (secondary N) is 1. The van der Waals surface area contributed by atoms with Gasteiger partial charge >= 0.3 is 0 Å². The summed E-state index contributed by atoms with van der Waals surface area (Å²) in [4.78, 5) is 1.33. The highest BCUT2D eigenvalue weighted by atomic mass is 79.9. The summed E-state index contributed by atoms with van der Waals surface area (Å²) in [6.07, 6.45) is 0. The second kappa shape index (κ2) is 4.97. The number of halogens is 1. The van der Waals surface area contributed by atoms with E-state index in [0.29, 0.717) is 0 Å². The lowest BCUT2D eigenvalue weighted by Gasteiger charge is -2.05. The van der Waals surface area contributed by atoms with Gasteiger partial charge in [-0.05, 0) is 34.3 Å². The van der Waals surface area contributed by atoms with Crippen molar-refractivity contribution >= 4 is 27.3 Å². The van der Waals surface area contributed by atoms with Crippen LogP contribution in [0.15, 0.2) is 15.9 Å². The van der Waals surface area contributed by atoms with E-state index in [0.717, 1.165) is 13.1 Å². The minimum atomic E-state index is 0.226. The first-order valence-corrected chi connectivity index (χ1v) is 5.55. The fraction of sp³-hybridized carbons (Fsp3) is 0.500. The molecule has 4 heteroatoms. The summed E-state index contributed by atoms with van der Waals surface area (Å²) in [6, 6.07) is 2.29. The van der Waals surface area contributed by atoms with Crippen LogP contribution in [0.4, 0.5) is 0 Å². The highest BCUT2D eigenvalue weighted by molar-refractivity contribution is 9.10. The third-order valence-corrected chi connectivity index (χ3v) is 3.37. The van der Waals surface area contributed by atoms with Crippen LogP contribution < -0.4 is 11.1 Å². The Balaban J connectivity index is 2.29. The molecular weight excluding hydrogens is 236 g/mol. The minimum Gasteiger partial charge on any atom is -0.327 e. The highest BCUT2D eigenvalue weighted by Gasteiger charge is 2.00. The van der Waals surface area contributed by atoms with Crippen LogP contribution in [0.5, 0.6) is 0 Å². The van der Waals surface area contributed by atoms with E-state index in [9.17, 15) is 0 Å². The van der Waals surface area contributed by atoms with Gasteiger partial charge in [-0.2, -0.15) is 0 Å². The molecule has 0 amide bonds. The summed E-state index contributed by atoms with van der Waals surface area (Å²) in [6.45, 7) is 3.76. The van der Waals surface area contributed by atoms with Gasteiger partial charge in [0.2, 0.25) is 0 Å². The fourth-order valence-electron chi connectivity index (χ4n) is 0.865. The Morgan fingerprint density at radius 3 is 3.00 bits per heavy atom. The molecule has 1 heterocycles. The second-order valence-corrected chi connectivity index (χ2v) is 4.65. The fourth-order valence-corrected chi connectivity index (χ4v) is 2.33. The predicted octanol–water partition coefficient (Wildman–Crippen LogP) is 1.95. The molecule has 0 saturated heterocycles. The van der Waals surface area contributed by atoms with Crippen molar-refractivity contribution in [3.8, 4) is 0 Å². The summed E-state index contributed by atoms with van der Waals surface area (Å²) in [5.74, 6) is 0. The van der Waals surface area contributed by atoms with Crippen molar-refractivity contribution in [1.82, 2.24) is 5.32 Å². The lowest BCUT2D eigenvalue weighted by atomic mass is 10.3. The van der Waals surface area contributed by atoms with Gasteiger partial charge in [0.25, 0.3) is 0 Å². The average molecular weight is 249 g/mol. The quantitative estimate of drug-likeness (QED) is 0.855. The topological polar surface area (TPSA) is 38.0 Å². The molecule has 1 unspecified atom stereocenters. The van der Waals surface area contributed by atoms with Gasteiger partial charge in [-0.3, -0.25) is 0 Å². The number of thiophene rings is 1. The predicted molar refractivity (Wildman–Crippen MR) is 57.4 cm³/mol. The summed E-state index contributed by atoms with van der Waals surface area (Å²) in [5, 5.41) is 5.36. The van der Waals surface area contributed by atoms with E-state index in [4.69, 9.17) is 5.73 Å². The molecule has 1 aromatic rings. The Kier molecular flexibility index (Phi) is 4.21. The molecule has 0 spiro atoms. The molecule has 68 valence electrons. The molecule has 2 nitrogen and oxygen atoms in total. The zero-order valence-electron chi connectivity index (χ0n) is 7.01. The number of nitrogens with two attached hydrogens (primary N) is 1. The van der Waals surface area contributed by atoms with Crippen molar-refractivity contribution in [3.05, 3.63) is 20.8 Å². The molecule has 0 radical (unpaired) electrons. The van der Waals surface area contributed by atoms with Gasteiger partial charge in [-0.15, -0.1) is 11.3 Å². The second-order valence-electron chi connectivity index (χ2n) is 2.80. The molecule has 1 atom stereocenters. The largest absolute Gasteiger partial charge is 0.327 e. The van der Waals surface area contributed by atoms with Crippen molar-refractivity contribution in [2.75, 3.05) is 6.54 Å². The summed E-state index contributed by atoms with van der Waals surface area (Å²) < 4.78 is 1.18. The van der Waals surface area contributed by atoms with Crippen LogP contribution in [-0.2, 0) is 6.54 Å². The van der Waals surface area contributed by atoms with E-state index in [2.05, 4.69) is 32.7 Å². The van der Waals surface area contributed by atoms with Crippen LogP contribution in [0.1, 0.15) is 11.8 Å². The van der Waals surface area contributed by atoms with Crippen LogP contribution in [0, 0.1) is 0 Å². The maximum atomic E-state index is 5.60. The van der Waals surface area contributed by atoms with Gasteiger partial charge in [0.1, 0.15) is 0 Å². The van der Waals surface area contributed by atoms with Gasteiger partial charge in [0, 0.05) is 28.5 Å². The van der Waals surface area contributed by atoms with Crippen molar-refractivity contribution < 1.29 is 0 Å². The minimum absolute atomic E-state index is 0.226. The van der Waals surface area contributed by atoms with Crippen LogP contribution in [0.25, 0.3) is 0 Å². The molecule has 0 aliphatic heterocycles.